The van der Waals surface area contributed by atoms with Gasteiger partial charge in [0.2, 0.25) is 0 Å². The van der Waals surface area contributed by atoms with Crippen molar-refractivity contribution in [2.45, 2.75) is 31.7 Å². The van der Waals surface area contributed by atoms with Gasteiger partial charge in [-0.2, -0.15) is 0 Å². The summed E-state index contributed by atoms with van der Waals surface area (Å²) in [4.78, 5) is 12.2. The summed E-state index contributed by atoms with van der Waals surface area (Å²) >= 11 is 5.84. The minimum Gasteiger partial charge on any atom is -0.398 e. The maximum Gasteiger partial charge on any atom is 0.253 e. The molecule has 0 unspecified atom stereocenters. The van der Waals surface area contributed by atoms with E-state index < -0.39 is 0 Å². The van der Waals surface area contributed by atoms with Crippen LogP contribution in [0.15, 0.2) is 18.2 Å². The Hall–Kier alpha value is -1.22. The smallest absolute Gasteiger partial charge is 0.253 e. The number of amides is 1. The molecule has 0 atom stereocenters. The van der Waals surface area contributed by atoms with Crippen LogP contribution in [0.5, 0.6) is 0 Å². The van der Waals surface area contributed by atoms with Crippen LogP contribution < -0.4 is 11.1 Å². The zero-order valence-electron chi connectivity index (χ0n) is 10.2. The minimum atomic E-state index is -0.0621. The van der Waals surface area contributed by atoms with Gasteiger partial charge in [-0.05, 0) is 55.7 Å². The van der Waals surface area contributed by atoms with Crippen LogP contribution in [0.3, 0.4) is 0 Å². The molecule has 2 aliphatic carbocycles. The number of rotatable bonds is 4. The van der Waals surface area contributed by atoms with Crippen molar-refractivity contribution in [2.75, 3.05) is 5.73 Å². The molecule has 3 rings (SSSR count). The van der Waals surface area contributed by atoms with Gasteiger partial charge in [0.15, 0.2) is 0 Å². The van der Waals surface area contributed by atoms with Crippen LogP contribution in [-0.2, 0) is 0 Å². The summed E-state index contributed by atoms with van der Waals surface area (Å²) in [5, 5.41) is 3.72. The van der Waals surface area contributed by atoms with Gasteiger partial charge in [0, 0.05) is 16.8 Å². The summed E-state index contributed by atoms with van der Waals surface area (Å²) in [6.45, 7) is 0. The molecule has 0 aromatic heterocycles. The van der Waals surface area contributed by atoms with Crippen LogP contribution in [0, 0.1) is 11.8 Å². The van der Waals surface area contributed by atoms with Gasteiger partial charge in [0.05, 0.1) is 5.56 Å². The van der Waals surface area contributed by atoms with Gasteiger partial charge in [0.1, 0.15) is 0 Å². The molecule has 0 radical (unpaired) electrons. The Balaban J connectivity index is 1.73. The summed E-state index contributed by atoms with van der Waals surface area (Å²) in [6.07, 6.45) is 4.99. The largest absolute Gasteiger partial charge is 0.398 e. The van der Waals surface area contributed by atoms with Crippen LogP contribution >= 0.6 is 11.6 Å². The van der Waals surface area contributed by atoms with Gasteiger partial charge in [-0.25, -0.2) is 0 Å². The van der Waals surface area contributed by atoms with Gasteiger partial charge < -0.3 is 11.1 Å². The quantitative estimate of drug-likeness (QED) is 0.822. The number of carbonyl (C=O) groups excluding carboxylic acids is 1. The highest BCUT2D eigenvalue weighted by Gasteiger charge is 2.42. The van der Waals surface area contributed by atoms with Crippen LogP contribution in [0.1, 0.15) is 36.0 Å². The van der Waals surface area contributed by atoms with Gasteiger partial charge in [-0.1, -0.05) is 11.6 Å². The predicted molar refractivity (Wildman–Crippen MR) is 72.6 cm³/mol. The predicted octanol–water partition coefficient (Wildman–Crippen LogP) is 2.84. The third kappa shape index (κ3) is 2.46. The molecule has 18 heavy (non-hydrogen) atoms. The molecule has 2 fully saturated rings. The monoisotopic (exact) mass is 264 g/mol. The SMILES string of the molecule is Nc1cc(Cl)ccc1C(=O)NC(C1CC1)C1CC1. The number of halogens is 1. The van der Waals surface area contributed by atoms with Crippen LogP contribution in [0.2, 0.25) is 5.02 Å². The van der Waals surface area contributed by atoms with E-state index in [9.17, 15) is 4.79 Å². The molecule has 0 heterocycles. The normalized spacial score (nSPS) is 19.0. The van der Waals surface area contributed by atoms with E-state index in [0.29, 0.717) is 34.2 Å². The average Bonchev–Trinajstić information content (AvgIpc) is 3.17. The van der Waals surface area contributed by atoms with E-state index in [2.05, 4.69) is 5.32 Å². The van der Waals surface area contributed by atoms with Gasteiger partial charge in [0.25, 0.3) is 5.91 Å². The summed E-state index contributed by atoms with van der Waals surface area (Å²) in [7, 11) is 0. The van der Waals surface area contributed by atoms with E-state index in [-0.39, 0.29) is 5.91 Å². The minimum absolute atomic E-state index is 0.0621. The molecule has 3 N–H and O–H groups in total. The Morgan fingerprint density at radius 2 is 1.89 bits per heavy atom. The van der Waals surface area contributed by atoms with E-state index in [4.69, 9.17) is 17.3 Å². The second-order valence-electron chi connectivity index (χ2n) is 5.41. The van der Waals surface area contributed by atoms with Gasteiger partial charge in [-0.15, -0.1) is 0 Å². The highest BCUT2D eigenvalue weighted by atomic mass is 35.5. The average molecular weight is 265 g/mol. The third-order valence-electron chi connectivity index (χ3n) is 3.82. The van der Waals surface area contributed by atoms with Crippen molar-refractivity contribution < 1.29 is 4.79 Å². The van der Waals surface area contributed by atoms with Crippen LogP contribution in [-0.4, -0.2) is 11.9 Å². The van der Waals surface area contributed by atoms with Crippen molar-refractivity contribution in [1.82, 2.24) is 5.32 Å². The molecular formula is C14H17ClN2O. The molecule has 0 bridgehead atoms. The molecule has 0 saturated heterocycles. The Morgan fingerprint density at radius 1 is 1.28 bits per heavy atom. The van der Waals surface area contributed by atoms with Crippen molar-refractivity contribution in [3.8, 4) is 0 Å². The maximum atomic E-state index is 12.2. The number of hydrogen-bond donors (Lipinski definition) is 2. The molecular weight excluding hydrogens is 248 g/mol. The Labute approximate surface area is 112 Å². The molecule has 1 aromatic rings. The highest BCUT2D eigenvalue weighted by Crippen LogP contribution is 2.44. The summed E-state index contributed by atoms with van der Waals surface area (Å²) < 4.78 is 0. The summed E-state index contributed by atoms with van der Waals surface area (Å²) in [6, 6.07) is 5.38. The summed E-state index contributed by atoms with van der Waals surface area (Å²) in [5.74, 6) is 1.32. The fourth-order valence-electron chi connectivity index (χ4n) is 2.50. The van der Waals surface area contributed by atoms with E-state index >= 15 is 0 Å². The van der Waals surface area contributed by atoms with E-state index in [1.54, 1.807) is 18.2 Å². The number of hydrogen-bond acceptors (Lipinski definition) is 2. The molecule has 3 nitrogen and oxygen atoms in total. The first-order chi connectivity index (χ1) is 8.65. The fourth-order valence-corrected chi connectivity index (χ4v) is 2.68. The van der Waals surface area contributed by atoms with Gasteiger partial charge in [-0.3, -0.25) is 4.79 Å². The lowest BCUT2D eigenvalue weighted by atomic mass is 10.1. The molecule has 2 saturated carbocycles. The van der Waals surface area contributed by atoms with Crippen LogP contribution in [0.25, 0.3) is 0 Å². The molecule has 2 aliphatic rings. The Bertz CT molecular complexity index is 469. The first kappa shape index (κ1) is 11.8. The second kappa shape index (κ2) is 4.47. The van der Waals surface area contributed by atoms with Crippen molar-refractivity contribution in [1.29, 1.82) is 0 Å². The lowest BCUT2D eigenvalue weighted by molar-refractivity contribution is 0.0927. The maximum absolute atomic E-state index is 12.2. The lowest BCUT2D eigenvalue weighted by Crippen LogP contribution is -2.38. The van der Waals surface area contributed by atoms with Gasteiger partial charge >= 0.3 is 0 Å². The molecule has 96 valence electrons. The molecule has 4 heteroatoms. The van der Waals surface area contributed by atoms with Crippen LogP contribution in [0.4, 0.5) is 5.69 Å². The molecule has 0 spiro atoms. The fraction of sp³-hybridized carbons (Fsp3) is 0.500. The molecule has 0 aliphatic heterocycles. The third-order valence-corrected chi connectivity index (χ3v) is 4.05. The van der Waals surface area contributed by atoms with E-state index in [1.165, 1.54) is 25.7 Å². The van der Waals surface area contributed by atoms with E-state index in [1.807, 2.05) is 0 Å². The number of benzene rings is 1. The highest BCUT2D eigenvalue weighted by molar-refractivity contribution is 6.31. The number of carbonyl (C=O) groups is 1. The zero-order valence-corrected chi connectivity index (χ0v) is 10.9. The first-order valence-electron chi connectivity index (χ1n) is 6.51. The topological polar surface area (TPSA) is 55.1 Å². The number of nitrogens with two attached hydrogens (primary N) is 1. The molecule has 1 amide bonds. The molecule has 1 aromatic carbocycles. The standard InChI is InChI=1S/C14H17ClN2O/c15-10-5-6-11(12(16)7-10)14(18)17-13(8-1-2-8)9-3-4-9/h5-9,13H,1-4,16H2,(H,17,18). The van der Waals surface area contributed by atoms with Crippen molar-refractivity contribution in [3.05, 3.63) is 28.8 Å². The lowest BCUT2D eigenvalue weighted by Gasteiger charge is -2.18. The number of anilines is 1. The summed E-state index contributed by atoms with van der Waals surface area (Å²) in [5.41, 5.74) is 6.82. The first-order valence-corrected chi connectivity index (χ1v) is 6.89. The number of nitrogen functional groups attached to an aromatic ring is 1. The Kier molecular flexibility index (Phi) is 2.94. The van der Waals surface area contributed by atoms with Crippen molar-refractivity contribution >= 4 is 23.2 Å². The van der Waals surface area contributed by atoms with Crippen molar-refractivity contribution in [3.63, 3.8) is 0 Å². The number of nitrogens with one attached hydrogen (secondary N) is 1. The van der Waals surface area contributed by atoms with E-state index in [0.717, 1.165) is 0 Å². The second-order valence-corrected chi connectivity index (χ2v) is 5.84. The zero-order chi connectivity index (χ0) is 12.7. The Morgan fingerprint density at radius 3 is 2.39 bits per heavy atom. The van der Waals surface area contributed by atoms with Crippen molar-refractivity contribution in [2.24, 2.45) is 11.8 Å².